The highest BCUT2D eigenvalue weighted by molar-refractivity contribution is 5.46. The zero-order valence-electron chi connectivity index (χ0n) is 15.4. The van der Waals surface area contributed by atoms with Gasteiger partial charge in [0, 0.05) is 22.8 Å². The van der Waals surface area contributed by atoms with Crippen molar-refractivity contribution in [2.45, 2.75) is 64.1 Å². The van der Waals surface area contributed by atoms with Crippen LogP contribution in [0.4, 0.5) is 5.69 Å². The second kappa shape index (κ2) is 6.60. The highest BCUT2D eigenvalue weighted by atomic mass is 15.1. The van der Waals surface area contributed by atoms with Crippen LogP contribution < -0.4 is 10.6 Å². The summed E-state index contributed by atoms with van der Waals surface area (Å²) in [6.45, 7) is 9.19. The topological polar surface area (TPSA) is 24.1 Å². The van der Waals surface area contributed by atoms with E-state index in [-0.39, 0.29) is 11.1 Å². The summed E-state index contributed by atoms with van der Waals surface area (Å²) in [6.07, 6.45) is 3.28. The molecule has 1 saturated heterocycles. The number of piperidine rings is 1. The van der Waals surface area contributed by atoms with Crippen molar-refractivity contribution in [3.8, 4) is 0 Å². The Hall–Kier alpha value is -1.80. The van der Waals surface area contributed by atoms with Gasteiger partial charge in [0.2, 0.25) is 0 Å². The lowest BCUT2D eigenvalue weighted by Gasteiger charge is -2.47. The van der Waals surface area contributed by atoms with Gasteiger partial charge in [0.1, 0.15) is 0 Å². The lowest BCUT2D eigenvalue weighted by Crippen LogP contribution is -2.60. The summed E-state index contributed by atoms with van der Waals surface area (Å²) in [5.41, 5.74) is 4.29. The fraction of sp³-hybridized carbons (Fsp3) is 0.455. The summed E-state index contributed by atoms with van der Waals surface area (Å²) in [5.74, 6) is 0. The van der Waals surface area contributed by atoms with Crippen molar-refractivity contribution in [1.82, 2.24) is 5.32 Å². The summed E-state index contributed by atoms with van der Waals surface area (Å²) in [6, 6.07) is 20.1. The van der Waals surface area contributed by atoms with Crippen molar-refractivity contribution < 1.29 is 0 Å². The minimum atomic E-state index is 0.173. The lowest BCUT2D eigenvalue weighted by molar-refractivity contribution is 0.170. The zero-order chi connectivity index (χ0) is 17.2. The maximum atomic E-state index is 3.74. The van der Waals surface area contributed by atoms with E-state index < -0.39 is 0 Å². The normalized spacial score (nSPS) is 19.8. The molecule has 1 aliphatic rings. The molecule has 0 unspecified atom stereocenters. The second-order valence-corrected chi connectivity index (χ2v) is 8.50. The van der Waals surface area contributed by atoms with Crippen LogP contribution in [0.1, 0.15) is 51.7 Å². The van der Waals surface area contributed by atoms with E-state index in [0.717, 1.165) is 19.3 Å². The molecule has 1 aliphatic heterocycles. The molecule has 2 aromatic carbocycles. The van der Waals surface area contributed by atoms with E-state index in [1.165, 1.54) is 16.8 Å². The molecule has 0 amide bonds. The molecule has 2 heteroatoms. The van der Waals surface area contributed by atoms with Crippen LogP contribution in [0.25, 0.3) is 0 Å². The molecule has 0 spiro atoms. The third-order valence-corrected chi connectivity index (χ3v) is 4.77. The molecule has 2 nitrogen and oxygen atoms in total. The predicted molar refractivity (Wildman–Crippen MR) is 104 cm³/mol. The molecule has 1 fully saturated rings. The number of hydrogen-bond acceptors (Lipinski definition) is 2. The van der Waals surface area contributed by atoms with Crippen LogP contribution in [0.5, 0.6) is 0 Å². The van der Waals surface area contributed by atoms with Gasteiger partial charge in [-0.1, -0.05) is 42.5 Å². The molecular formula is C22H30N2. The Labute approximate surface area is 146 Å². The van der Waals surface area contributed by atoms with Crippen molar-refractivity contribution in [3.63, 3.8) is 0 Å². The van der Waals surface area contributed by atoms with Gasteiger partial charge >= 0.3 is 0 Å². The Bertz CT molecular complexity index is 640. The van der Waals surface area contributed by atoms with Gasteiger partial charge in [-0.15, -0.1) is 0 Å². The second-order valence-electron chi connectivity index (χ2n) is 8.50. The van der Waals surface area contributed by atoms with Crippen LogP contribution in [0.2, 0.25) is 0 Å². The Kier molecular flexibility index (Phi) is 4.69. The Morgan fingerprint density at radius 2 is 1.38 bits per heavy atom. The smallest absolute Gasteiger partial charge is 0.0342 e. The number of rotatable bonds is 4. The highest BCUT2D eigenvalue weighted by Gasteiger charge is 2.37. The average Bonchev–Trinajstić information content (AvgIpc) is 2.47. The van der Waals surface area contributed by atoms with Crippen molar-refractivity contribution in [2.75, 3.05) is 5.32 Å². The first-order valence-corrected chi connectivity index (χ1v) is 9.00. The van der Waals surface area contributed by atoms with Gasteiger partial charge in [0.15, 0.2) is 0 Å². The van der Waals surface area contributed by atoms with E-state index in [9.17, 15) is 0 Å². The molecular weight excluding hydrogens is 292 g/mol. The number of anilines is 1. The Morgan fingerprint density at radius 3 is 1.96 bits per heavy atom. The largest absolute Gasteiger partial charge is 0.382 e. The summed E-state index contributed by atoms with van der Waals surface area (Å²) in [7, 11) is 0. The first kappa shape index (κ1) is 17.0. The fourth-order valence-electron chi connectivity index (χ4n) is 4.21. The van der Waals surface area contributed by atoms with Gasteiger partial charge in [-0.25, -0.2) is 0 Å². The van der Waals surface area contributed by atoms with Crippen molar-refractivity contribution in [3.05, 3.63) is 65.7 Å². The van der Waals surface area contributed by atoms with Crippen molar-refractivity contribution in [1.29, 1.82) is 0 Å². The van der Waals surface area contributed by atoms with Crippen LogP contribution in [0.3, 0.4) is 0 Å². The molecule has 24 heavy (non-hydrogen) atoms. The van der Waals surface area contributed by atoms with Gasteiger partial charge in [-0.05, 0) is 70.2 Å². The number of benzene rings is 2. The van der Waals surface area contributed by atoms with E-state index in [0.29, 0.717) is 6.04 Å². The van der Waals surface area contributed by atoms with E-state index in [1.54, 1.807) is 0 Å². The van der Waals surface area contributed by atoms with Crippen LogP contribution in [-0.2, 0) is 6.42 Å². The summed E-state index contributed by atoms with van der Waals surface area (Å²) in [4.78, 5) is 0. The first-order valence-electron chi connectivity index (χ1n) is 9.00. The average molecular weight is 322 g/mol. The van der Waals surface area contributed by atoms with E-state index in [2.05, 4.69) is 92.9 Å². The summed E-state index contributed by atoms with van der Waals surface area (Å²) >= 11 is 0. The van der Waals surface area contributed by atoms with Gasteiger partial charge in [-0.2, -0.15) is 0 Å². The third kappa shape index (κ3) is 4.61. The first-order chi connectivity index (χ1) is 11.3. The molecule has 2 aromatic rings. The van der Waals surface area contributed by atoms with E-state index in [1.807, 2.05) is 0 Å². The third-order valence-electron chi connectivity index (χ3n) is 4.77. The molecule has 3 rings (SSSR count). The molecule has 0 aliphatic carbocycles. The van der Waals surface area contributed by atoms with Gasteiger partial charge in [0.05, 0.1) is 0 Å². The molecule has 128 valence electrons. The Balaban J connectivity index is 1.64. The minimum absolute atomic E-state index is 0.173. The fourth-order valence-corrected chi connectivity index (χ4v) is 4.21. The number of hydrogen-bond donors (Lipinski definition) is 2. The van der Waals surface area contributed by atoms with Gasteiger partial charge in [-0.3, -0.25) is 0 Å². The quantitative estimate of drug-likeness (QED) is 0.828. The summed E-state index contributed by atoms with van der Waals surface area (Å²) < 4.78 is 0. The predicted octanol–water partition coefficient (Wildman–Crippen LogP) is 5.00. The molecule has 0 saturated carbocycles. The monoisotopic (exact) mass is 322 g/mol. The van der Waals surface area contributed by atoms with Crippen molar-refractivity contribution in [2.24, 2.45) is 0 Å². The maximum Gasteiger partial charge on any atom is 0.0342 e. The molecule has 1 heterocycles. The zero-order valence-corrected chi connectivity index (χ0v) is 15.4. The van der Waals surface area contributed by atoms with Crippen molar-refractivity contribution >= 4 is 5.69 Å². The number of nitrogens with one attached hydrogen (secondary N) is 2. The molecule has 0 bridgehead atoms. The van der Waals surface area contributed by atoms with Crippen LogP contribution >= 0.6 is 0 Å². The van der Waals surface area contributed by atoms with Gasteiger partial charge in [0.25, 0.3) is 0 Å². The standard InChI is InChI=1S/C22H30N2/c1-21(2)15-20(16-22(3,4)24-21)23-19-12-10-18(11-13-19)14-17-8-6-5-7-9-17/h5-13,20,23-24H,14-16H2,1-4H3. The van der Waals surface area contributed by atoms with Gasteiger partial charge < -0.3 is 10.6 Å². The summed E-state index contributed by atoms with van der Waals surface area (Å²) in [5, 5.41) is 7.49. The van der Waals surface area contributed by atoms with E-state index in [4.69, 9.17) is 0 Å². The highest BCUT2D eigenvalue weighted by Crippen LogP contribution is 2.30. The molecule has 0 aromatic heterocycles. The Morgan fingerprint density at radius 1 is 0.833 bits per heavy atom. The van der Waals surface area contributed by atoms with Crippen LogP contribution in [-0.4, -0.2) is 17.1 Å². The minimum Gasteiger partial charge on any atom is -0.382 e. The maximum absolute atomic E-state index is 3.74. The molecule has 0 atom stereocenters. The molecule has 0 radical (unpaired) electrons. The van der Waals surface area contributed by atoms with Crippen LogP contribution in [0.15, 0.2) is 54.6 Å². The SMILES string of the molecule is CC1(C)CC(Nc2ccc(Cc3ccccc3)cc2)CC(C)(C)N1. The van der Waals surface area contributed by atoms with E-state index >= 15 is 0 Å². The lowest BCUT2D eigenvalue weighted by atomic mass is 9.79. The molecule has 2 N–H and O–H groups in total. The van der Waals surface area contributed by atoms with Crippen LogP contribution in [0, 0.1) is 0 Å².